The molecule has 0 spiro atoms. The van der Waals surface area contributed by atoms with Gasteiger partial charge < -0.3 is 24.6 Å². The van der Waals surface area contributed by atoms with Gasteiger partial charge in [0.2, 0.25) is 0 Å². The molecular weight excluding hydrogens is 444 g/mol. The van der Waals surface area contributed by atoms with Crippen LogP contribution in [0, 0.1) is 20.8 Å². The maximum Gasteiger partial charge on any atom is 0.163 e. The molecule has 0 radical (unpaired) electrons. The molecule has 0 fully saturated rings. The smallest absolute Gasteiger partial charge is 0.163 e. The van der Waals surface area contributed by atoms with E-state index in [0.29, 0.717) is 53.9 Å². The molecule has 8 nitrogen and oxygen atoms in total. The van der Waals surface area contributed by atoms with E-state index in [9.17, 15) is 0 Å². The minimum atomic E-state index is 0.0870. The topological polar surface area (TPSA) is 98.6 Å². The normalized spacial score (nSPS) is 11.0. The summed E-state index contributed by atoms with van der Waals surface area (Å²) in [5, 5.41) is 12.8. The Balaban J connectivity index is 1.69. The number of nitrogens with one attached hydrogen (secondary N) is 1. The van der Waals surface area contributed by atoms with Crippen molar-refractivity contribution in [2.24, 2.45) is 0 Å². The molecule has 8 heteroatoms. The number of nitrogens with zero attached hydrogens (tertiary/aromatic N) is 3. The molecule has 2 N–H and O–H groups in total. The summed E-state index contributed by atoms with van der Waals surface area (Å²) in [6.45, 7) is 7.63. The van der Waals surface area contributed by atoms with Crippen LogP contribution in [0.3, 0.4) is 0 Å². The lowest BCUT2D eigenvalue weighted by atomic mass is 10.1. The monoisotopic (exact) mass is 474 g/mol. The highest BCUT2D eigenvalue weighted by molar-refractivity contribution is 5.88. The van der Waals surface area contributed by atoms with Gasteiger partial charge in [0.25, 0.3) is 0 Å². The molecule has 3 aromatic heterocycles. The highest BCUT2D eigenvalue weighted by atomic mass is 16.5. The molecule has 35 heavy (non-hydrogen) atoms. The minimum Gasteiger partial charge on any atom is -0.493 e. The van der Waals surface area contributed by atoms with Crippen LogP contribution < -0.4 is 19.5 Å². The molecule has 0 bridgehead atoms. The average Bonchev–Trinajstić information content (AvgIpc) is 2.86. The molecule has 0 unspecified atom stereocenters. The van der Waals surface area contributed by atoms with Crippen molar-refractivity contribution < 1.29 is 19.3 Å². The van der Waals surface area contributed by atoms with Gasteiger partial charge >= 0.3 is 0 Å². The van der Waals surface area contributed by atoms with Crippen LogP contribution in [0.15, 0.2) is 48.8 Å². The van der Waals surface area contributed by atoms with E-state index in [2.05, 4.69) is 15.3 Å². The van der Waals surface area contributed by atoms with Gasteiger partial charge in [-0.1, -0.05) is 6.07 Å². The van der Waals surface area contributed by atoms with Crippen molar-refractivity contribution >= 4 is 10.9 Å². The summed E-state index contributed by atoms with van der Waals surface area (Å²) >= 11 is 0. The van der Waals surface area contributed by atoms with Crippen molar-refractivity contribution in [3.63, 3.8) is 0 Å². The summed E-state index contributed by atoms with van der Waals surface area (Å²) in [6.07, 6.45) is 3.53. The number of hydrogen-bond donors (Lipinski definition) is 2. The predicted molar refractivity (Wildman–Crippen MR) is 135 cm³/mol. The van der Waals surface area contributed by atoms with E-state index in [4.69, 9.17) is 24.3 Å². The summed E-state index contributed by atoms with van der Waals surface area (Å²) < 4.78 is 17.9. The van der Waals surface area contributed by atoms with Crippen LogP contribution in [0.25, 0.3) is 22.3 Å². The minimum absolute atomic E-state index is 0.0870. The third kappa shape index (κ3) is 5.67. The first-order valence-electron chi connectivity index (χ1n) is 11.5. The highest BCUT2D eigenvalue weighted by Gasteiger charge is 2.16. The maximum absolute atomic E-state index is 8.89. The zero-order valence-corrected chi connectivity index (χ0v) is 20.5. The van der Waals surface area contributed by atoms with Crippen molar-refractivity contribution in [3.8, 4) is 34.4 Å². The van der Waals surface area contributed by atoms with Crippen LogP contribution in [0.1, 0.15) is 16.8 Å². The molecule has 182 valence electrons. The van der Waals surface area contributed by atoms with Crippen molar-refractivity contribution in [2.45, 2.75) is 20.8 Å². The van der Waals surface area contributed by atoms with Gasteiger partial charge in [-0.25, -0.2) is 4.98 Å². The van der Waals surface area contributed by atoms with Gasteiger partial charge in [0.1, 0.15) is 18.1 Å². The number of hydrogen-bond acceptors (Lipinski definition) is 8. The van der Waals surface area contributed by atoms with Gasteiger partial charge in [-0.05, 0) is 56.2 Å². The van der Waals surface area contributed by atoms with Crippen molar-refractivity contribution in [1.82, 2.24) is 20.3 Å². The van der Waals surface area contributed by atoms with Crippen molar-refractivity contribution in [3.05, 3.63) is 65.6 Å². The SMILES string of the molecule is COc1cc2c(Oc3cc(C)c(C)nc3-c3ccc(C)cn3)ccnc2cc1OCCNCCO. The number of pyridine rings is 3. The van der Waals surface area contributed by atoms with E-state index in [-0.39, 0.29) is 6.61 Å². The van der Waals surface area contributed by atoms with Crippen LogP contribution in [-0.4, -0.2) is 53.5 Å². The Hall–Kier alpha value is -3.75. The Morgan fingerprint density at radius 1 is 0.914 bits per heavy atom. The first-order chi connectivity index (χ1) is 17.0. The van der Waals surface area contributed by atoms with Crippen LogP contribution in [-0.2, 0) is 0 Å². The van der Waals surface area contributed by atoms with E-state index >= 15 is 0 Å². The van der Waals surface area contributed by atoms with Gasteiger partial charge in [0.05, 0.1) is 24.9 Å². The van der Waals surface area contributed by atoms with Gasteiger partial charge in [0.15, 0.2) is 17.2 Å². The lowest BCUT2D eigenvalue weighted by molar-refractivity contribution is 0.269. The summed E-state index contributed by atoms with van der Waals surface area (Å²) in [6, 6.07) is 11.5. The molecule has 0 saturated carbocycles. The second-order valence-electron chi connectivity index (χ2n) is 8.21. The molecule has 4 rings (SSSR count). The number of aliphatic hydroxyl groups excluding tert-OH is 1. The van der Waals surface area contributed by atoms with Gasteiger partial charge in [0, 0.05) is 42.6 Å². The van der Waals surface area contributed by atoms with Crippen molar-refractivity contribution in [1.29, 1.82) is 0 Å². The quantitative estimate of drug-likeness (QED) is 0.327. The van der Waals surface area contributed by atoms with Crippen LogP contribution in [0.4, 0.5) is 0 Å². The number of aromatic nitrogens is 3. The zero-order valence-electron chi connectivity index (χ0n) is 20.5. The molecular formula is C27H30N4O4. The Labute approximate surface area is 204 Å². The largest absolute Gasteiger partial charge is 0.493 e. The Kier molecular flexibility index (Phi) is 7.74. The summed E-state index contributed by atoms with van der Waals surface area (Å²) in [5.74, 6) is 2.41. The Morgan fingerprint density at radius 2 is 1.77 bits per heavy atom. The van der Waals surface area contributed by atoms with E-state index < -0.39 is 0 Å². The number of aryl methyl sites for hydroxylation is 3. The number of aliphatic hydroxyl groups is 1. The number of fused-ring (bicyclic) bond motifs is 1. The average molecular weight is 475 g/mol. The van der Waals surface area contributed by atoms with E-state index in [1.807, 2.05) is 63.4 Å². The molecule has 0 amide bonds. The molecule has 0 aliphatic heterocycles. The fourth-order valence-corrected chi connectivity index (χ4v) is 3.60. The second-order valence-corrected chi connectivity index (χ2v) is 8.21. The second kappa shape index (κ2) is 11.1. The van der Waals surface area contributed by atoms with E-state index in [0.717, 1.165) is 27.9 Å². The van der Waals surface area contributed by atoms with Gasteiger partial charge in [-0.15, -0.1) is 0 Å². The standard InChI is InChI=1S/C27H30N4O4/c1-17-5-6-21(30-16-17)27-26(13-18(2)19(3)31-27)35-23-7-8-29-22-15-25(24(33-4)14-20(22)23)34-12-10-28-9-11-32/h5-8,13-16,28,32H,9-12H2,1-4H3. The van der Waals surface area contributed by atoms with Gasteiger partial charge in [-0.3, -0.25) is 9.97 Å². The molecule has 0 aliphatic carbocycles. The first kappa shape index (κ1) is 24.4. The lowest BCUT2D eigenvalue weighted by Gasteiger charge is -2.16. The third-order valence-electron chi connectivity index (χ3n) is 5.62. The van der Waals surface area contributed by atoms with Crippen LogP contribution >= 0.6 is 0 Å². The number of rotatable bonds is 10. The fourth-order valence-electron chi connectivity index (χ4n) is 3.60. The van der Waals surface area contributed by atoms with Crippen molar-refractivity contribution in [2.75, 3.05) is 33.4 Å². The maximum atomic E-state index is 8.89. The third-order valence-corrected chi connectivity index (χ3v) is 5.62. The highest BCUT2D eigenvalue weighted by Crippen LogP contribution is 2.39. The first-order valence-corrected chi connectivity index (χ1v) is 11.5. The molecule has 0 aliphatic rings. The van der Waals surface area contributed by atoms with Gasteiger partial charge in [-0.2, -0.15) is 0 Å². The summed E-state index contributed by atoms with van der Waals surface area (Å²) in [7, 11) is 1.60. The number of ether oxygens (including phenoxy) is 3. The van der Waals surface area contributed by atoms with Crippen LogP contribution in [0.2, 0.25) is 0 Å². The molecule has 0 saturated heterocycles. The summed E-state index contributed by atoms with van der Waals surface area (Å²) in [5.41, 5.74) is 5.17. The Morgan fingerprint density at radius 3 is 2.51 bits per heavy atom. The predicted octanol–water partition coefficient (Wildman–Crippen LogP) is 4.38. The van der Waals surface area contributed by atoms with Crippen LogP contribution in [0.5, 0.6) is 23.0 Å². The molecule has 0 atom stereocenters. The fraction of sp³-hybridized carbons (Fsp3) is 0.296. The molecule has 4 aromatic rings. The zero-order chi connectivity index (χ0) is 24.8. The Bertz CT molecular complexity index is 1310. The summed E-state index contributed by atoms with van der Waals surface area (Å²) in [4.78, 5) is 13.8. The van der Waals surface area contributed by atoms with E-state index in [1.165, 1.54) is 0 Å². The molecule has 1 aromatic carbocycles. The number of benzene rings is 1. The van der Waals surface area contributed by atoms with E-state index in [1.54, 1.807) is 13.3 Å². The molecule has 3 heterocycles. The lowest BCUT2D eigenvalue weighted by Crippen LogP contribution is -2.24. The number of methoxy groups -OCH3 is 1.